The van der Waals surface area contributed by atoms with Crippen LogP contribution in [0, 0.1) is 0 Å². The topological polar surface area (TPSA) is 76.7 Å². The Bertz CT molecular complexity index is 636. The molecule has 0 aliphatic heterocycles. The van der Waals surface area contributed by atoms with Gasteiger partial charge < -0.3 is 10.5 Å². The minimum Gasteiger partial charge on any atom is -0.494 e. The zero-order valence-electron chi connectivity index (χ0n) is 11.7. The number of hydrogen-bond acceptors (Lipinski definition) is 4. The van der Waals surface area contributed by atoms with Gasteiger partial charge in [0.1, 0.15) is 5.75 Å². The highest BCUT2D eigenvalue weighted by Crippen LogP contribution is 2.11. The predicted octanol–water partition coefficient (Wildman–Crippen LogP) is 2.43. The number of hydrogen-bond donors (Lipinski definition) is 2. The fraction of sp³-hybridized carbons (Fsp3) is 0.125. The van der Waals surface area contributed by atoms with Crippen LogP contribution in [0.5, 0.6) is 5.75 Å². The van der Waals surface area contributed by atoms with E-state index >= 15 is 0 Å². The van der Waals surface area contributed by atoms with E-state index in [1.165, 1.54) is 0 Å². The van der Waals surface area contributed by atoms with Crippen molar-refractivity contribution < 1.29 is 9.53 Å². The number of para-hydroxylation sites is 1. The van der Waals surface area contributed by atoms with Crippen LogP contribution in [0.3, 0.4) is 0 Å². The van der Waals surface area contributed by atoms with Crippen molar-refractivity contribution >= 4 is 17.8 Å². The van der Waals surface area contributed by atoms with Gasteiger partial charge in [0.15, 0.2) is 0 Å². The molecule has 108 valence electrons. The fourth-order valence-corrected chi connectivity index (χ4v) is 1.75. The molecule has 0 atom stereocenters. The summed E-state index contributed by atoms with van der Waals surface area (Å²) in [6.07, 6.45) is 1.56. The molecule has 21 heavy (non-hydrogen) atoms. The van der Waals surface area contributed by atoms with E-state index in [9.17, 15) is 4.79 Å². The van der Waals surface area contributed by atoms with Crippen molar-refractivity contribution in [2.45, 2.75) is 6.92 Å². The highest BCUT2D eigenvalue weighted by molar-refractivity contribution is 5.99. The number of nitrogens with one attached hydrogen (secondary N) is 1. The molecule has 0 unspecified atom stereocenters. The number of ether oxygens (including phenoxy) is 1. The second-order valence-electron chi connectivity index (χ2n) is 4.29. The molecule has 0 aliphatic carbocycles. The van der Waals surface area contributed by atoms with E-state index in [1.807, 2.05) is 31.2 Å². The van der Waals surface area contributed by atoms with E-state index in [-0.39, 0.29) is 5.91 Å². The molecule has 2 rings (SSSR count). The smallest absolute Gasteiger partial charge is 0.273 e. The molecule has 5 nitrogen and oxygen atoms in total. The lowest BCUT2D eigenvalue weighted by molar-refractivity contribution is 0.0956. The molecule has 0 bridgehead atoms. The first-order valence-corrected chi connectivity index (χ1v) is 6.61. The summed E-state index contributed by atoms with van der Waals surface area (Å²) >= 11 is 0. The number of nitrogens with two attached hydrogens (primary N) is 1. The third-order valence-corrected chi connectivity index (χ3v) is 2.78. The summed E-state index contributed by atoms with van der Waals surface area (Å²) in [6.45, 7) is 2.56. The largest absolute Gasteiger partial charge is 0.494 e. The van der Waals surface area contributed by atoms with Crippen LogP contribution in [-0.2, 0) is 0 Å². The zero-order valence-corrected chi connectivity index (χ0v) is 11.7. The number of benzene rings is 2. The average molecular weight is 283 g/mol. The summed E-state index contributed by atoms with van der Waals surface area (Å²) < 4.78 is 5.35. The van der Waals surface area contributed by atoms with E-state index in [4.69, 9.17) is 10.5 Å². The first-order chi connectivity index (χ1) is 10.2. The maximum atomic E-state index is 11.9. The third-order valence-electron chi connectivity index (χ3n) is 2.78. The maximum Gasteiger partial charge on any atom is 0.273 e. The molecule has 3 N–H and O–H groups in total. The van der Waals surface area contributed by atoms with Crippen molar-refractivity contribution in [3.8, 4) is 5.75 Å². The Morgan fingerprint density at radius 3 is 2.62 bits per heavy atom. The second kappa shape index (κ2) is 7.09. The van der Waals surface area contributed by atoms with E-state index in [2.05, 4.69) is 10.5 Å². The molecule has 2 aromatic carbocycles. The van der Waals surface area contributed by atoms with Crippen molar-refractivity contribution in [3.63, 3.8) is 0 Å². The zero-order chi connectivity index (χ0) is 15.1. The molecule has 5 heteroatoms. The maximum absolute atomic E-state index is 11.9. The summed E-state index contributed by atoms with van der Waals surface area (Å²) in [5.74, 6) is 0.464. The number of amides is 1. The summed E-state index contributed by atoms with van der Waals surface area (Å²) in [5.41, 5.74) is 9.86. The van der Waals surface area contributed by atoms with Crippen molar-refractivity contribution in [2.75, 3.05) is 12.3 Å². The lowest BCUT2D eigenvalue weighted by Gasteiger charge is -2.03. The van der Waals surface area contributed by atoms with Gasteiger partial charge in [-0.3, -0.25) is 4.79 Å². The molecule has 0 aliphatic rings. The molecule has 0 fully saturated rings. The van der Waals surface area contributed by atoms with Crippen LogP contribution in [0.4, 0.5) is 5.69 Å². The predicted molar refractivity (Wildman–Crippen MR) is 83.5 cm³/mol. The van der Waals surface area contributed by atoms with Gasteiger partial charge in [0.05, 0.1) is 18.4 Å². The van der Waals surface area contributed by atoms with Crippen LogP contribution < -0.4 is 15.9 Å². The van der Waals surface area contributed by atoms with Gasteiger partial charge in [0, 0.05) is 5.69 Å². The monoisotopic (exact) mass is 283 g/mol. The van der Waals surface area contributed by atoms with Crippen molar-refractivity contribution in [2.24, 2.45) is 5.10 Å². The third kappa shape index (κ3) is 4.07. The molecule has 1 amide bonds. The first-order valence-electron chi connectivity index (χ1n) is 6.61. The SMILES string of the molecule is CCOc1ccc(C=NNC(=O)c2ccccc2N)cc1. The Hall–Kier alpha value is -2.82. The number of hydrazone groups is 1. The van der Waals surface area contributed by atoms with Crippen LogP contribution >= 0.6 is 0 Å². The normalized spacial score (nSPS) is 10.5. The molecule has 0 spiro atoms. The van der Waals surface area contributed by atoms with Crippen molar-refractivity contribution in [1.82, 2.24) is 5.43 Å². The van der Waals surface area contributed by atoms with Crippen molar-refractivity contribution in [1.29, 1.82) is 0 Å². The van der Waals surface area contributed by atoms with E-state index in [0.29, 0.717) is 17.9 Å². The van der Waals surface area contributed by atoms with E-state index in [1.54, 1.807) is 30.5 Å². The van der Waals surface area contributed by atoms with E-state index < -0.39 is 0 Å². The standard InChI is InChI=1S/C16H17N3O2/c1-2-21-13-9-7-12(8-10-13)11-18-19-16(20)14-5-3-4-6-15(14)17/h3-11H,2,17H2,1H3,(H,19,20). The minimum absolute atomic E-state index is 0.338. The Morgan fingerprint density at radius 2 is 1.95 bits per heavy atom. The van der Waals surface area contributed by atoms with E-state index in [0.717, 1.165) is 11.3 Å². The summed E-state index contributed by atoms with van der Waals surface area (Å²) in [4.78, 5) is 11.9. The van der Waals surface area contributed by atoms with Crippen LogP contribution in [0.25, 0.3) is 0 Å². The minimum atomic E-state index is -0.338. The number of carbonyl (C=O) groups is 1. The number of anilines is 1. The molecular formula is C16H17N3O2. The van der Waals surface area contributed by atoms with Gasteiger partial charge in [0.2, 0.25) is 0 Å². The number of nitrogens with zero attached hydrogens (tertiary/aromatic N) is 1. The van der Waals surface area contributed by atoms with Gasteiger partial charge >= 0.3 is 0 Å². The molecular weight excluding hydrogens is 266 g/mol. The summed E-state index contributed by atoms with van der Waals surface area (Å²) in [5, 5.41) is 3.91. The van der Waals surface area contributed by atoms with Gasteiger partial charge in [-0.15, -0.1) is 0 Å². The Labute approximate surface area is 123 Å². The van der Waals surface area contributed by atoms with Crippen molar-refractivity contribution in [3.05, 3.63) is 59.7 Å². The lowest BCUT2D eigenvalue weighted by atomic mass is 10.2. The Balaban J connectivity index is 1.96. The van der Waals surface area contributed by atoms with Gasteiger partial charge in [-0.25, -0.2) is 5.43 Å². The van der Waals surface area contributed by atoms with Gasteiger partial charge in [-0.05, 0) is 48.9 Å². The summed E-state index contributed by atoms with van der Waals surface area (Å²) in [7, 11) is 0. The quantitative estimate of drug-likeness (QED) is 0.502. The molecule has 0 saturated heterocycles. The molecule has 2 aromatic rings. The highest BCUT2D eigenvalue weighted by Gasteiger charge is 2.06. The number of rotatable bonds is 5. The first kappa shape index (κ1) is 14.6. The van der Waals surface area contributed by atoms with Gasteiger partial charge in [-0.2, -0.15) is 5.10 Å². The summed E-state index contributed by atoms with van der Waals surface area (Å²) in [6, 6.07) is 14.3. The lowest BCUT2D eigenvalue weighted by Crippen LogP contribution is -2.18. The van der Waals surface area contributed by atoms with Crippen LogP contribution in [-0.4, -0.2) is 18.7 Å². The van der Waals surface area contributed by atoms with Crippen LogP contribution in [0.1, 0.15) is 22.8 Å². The highest BCUT2D eigenvalue weighted by atomic mass is 16.5. The van der Waals surface area contributed by atoms with Crippen LogP contribution in [0.15, 0.2) is 53.6 Å². The average Bonchev–Trinajstić information content (AvgIpc) is 2.49. The molecule has 0 heterocycles. The van der Waals surface area contributed by atoms with Crippen LogP contribution in [0.2, 0.25) is 0 Å². The van der Waals surface area contributed by atoms with Gasteiger partial charge in [0.25, 0.3) is 5.91 Å². The Kier molecular flexibility index (Phi) is 4.93. The molecule has 0 radical (unpaired) electrons. The molecule has 0 saturated carbocycles. The van der Waals surface area contributed by atoms with Gasteiger partial charge in [-0.1, -0.05) is 12.1 Å². The second-order valence-corrected chi connectivity index (χ2v) is 4.29. The molecule has 0 aromatic heterocycles. The number of carbonyl (C=O) groups excluding carboxylic acids is 1. The number of nitrogen functional groups attached to an aromatic ring is 1. The Morgan fingerprint density at radius 1 is 1.24 bits per heavy atom. The fourth-order valence-electron chi connectivity index (χ4n) is 1.75.